The molecule has 0 saturated carbocycles. The van der Waals surface area contributed by atoms with Crippen molar-refractivity contribution in [1.29, 1.82) is 0 Å². The molecule has 6 nitrogen and oxygen atoms in total. The van der Waals surface area contributed by atoms with Gasteiger partial charge >= 0.3 is 0 Å². The summed E-state index contributed by atoms with van der Waals surface area (Å²) in [5.74, 6) is 2.13. The number of fused-ring (bicyclic) bond motifs is 2. The van der Waals surface area contributed by atoms with E-state index in [9.17, 15) is 0 Å². The fraction of sp³-hybridized carbons (Fsp3) is 0.214. The Kier molecular flexibility index (Phi) is 2.35. The Morgan fingerprint density at radius 2 is 1.95 bits per heavy atom. The van der Waals surface area contributed by atoms with E-state index in [0.717, 1.165) is 22.6 Å². The molecule has 0 amide bonds. The zero-order chi connectivity index (χ0) is 13.5. The van der Waals surface area contributed by atoms with Gasteiger partial charge in [0.05, 0.1) is 12.5 Å². The van der Waals surface area contributed by atoms with Crippen molar-refractivity contribution in [2.45, 2.75) is 0 Å². The Bertz CT molecular complexity index is 797. The van der Waals surface area contributed by atoms with Crippen LogP contribution < -0.4 is 9.47 Å². The van der Waals surface area contributed by atoms with Gasteiger partial charge in [0.15, 0.2) is 23.0 Å². The average Bonchev–Trinajstić information content (AvgIpc) is 2.88. The van der Waals surface area contributed by atoms with Crippen molar-refractivity contribution in [2.75, 3.05) is 13.2 Å². The molecule has 4 rings (SSSR count). The van der Waals surface area contributed by atoms with Gasteiger partial charge in [-0.2, -0.15) is 0 Å². The molecule has 0 atom stereocenters. The highest BCUT2D eigenvalue weighted by molar-refractivity contribution is 5.73. The van der Waals surface area contributed by atoms with Gasteiger partial charge in [0.1, 0.15) is 18.7 Å². The lowest BCUT2D eigenvalue weighted by molar-refractivity contribution is 0.171. The Balaban J connectivity index is 1.82. The van der Waals surface area contributed by atoms with Gasteiger partial charge in [0, 0.05) is 12.6 Å². The van der Waals surface area contributed by atoms with Crippen LogP contribution in [0, 0.1) is 0 Å². The molecule has 0 fully saturated rings. The second kappa shape index (κ2) is 4.19. The number of nitrogens with zero attached hydrogens (tertiary/aromatic N) is 4. The van der Waals surface area contributed by atoms with E-state index < -0.39 is 0 Å². The monoisotopic (exact) mass is 268 g/mol. The molecule has 1 aliphatic heterocycles. The molecule has 0 unspecified atom stereocenters. The lowest BCUT2D eigenvalue weighted by atomic mass is 10.2. The van der Waals surface area contributed by atoms with Crippen LogP contribution in [0.4, 0.5) is 0 Å². The molecule has 0 N–H and O–H groups in total. The van der Waals surface area contributed by atoms with E-state index in [0.29, 0.717) is 24.7 Å². The highest BCUT2D eigenvalue weighted by Gasteiger charge is 2.14. The number of aromatic nitrogens is 4. The summed E-state index contributed by atoms with van der Waals surface area (Å²) in [5.41, 5.74) is 2.49. The summed E-state index contributed by atoms with van der Waals surface area (Å²) in [5, 5.41) is 0. The number of rotatable bonds is 1. The van der Waals surface area contributed by atoms with Crippen LogP contribution in [0.1, 0.15) is 0 Å². The highest BCUT2D eigenvalue weighted by Crippen LogP contribution is 2.33. The predicted molar refractivity (Wildman–Crippen MR) is 72.7 cm³/mol. The van der Waals surface area contributed by atoms with Crippen LogP contribution in [0.3, 0.4) is 0 Å². The van der Waals surface area contributed by atoms with Crippen LogP contribution >= 0.6 is 0 Å². The van der Waals surface area contributed by atoms with Crippen molar-refractivity contribution in [3.8, 4) is 22.9 Å². The number of benzene rings is 1. The molecule has 0 radical (unpaired) electrons. The number of imidazole rings is 1. The summed E-state index contributed by atoms with van der Waals surface area (Å²) >= 11 is 0. The summed E-state index contributed by atoms with van der Waals surface area (Å²) in [6, 6.07) is 5.71. The Hall–Kier alpha value is -2.63. The summed E-state index contributed by atoms with van der Waals surface area (Å²) in [7, 11) is 1.92. The van der Waals surface area contributed by atoms with E-state index >= 15 is 0 Å². The molecule has 0 saturated heterocycles. The maximum absolute atomic E-state index is 5.58. The zero-order valence-corrected chi connectivity index (χ0v) is 10.9. The smallest absolute Gasteiger partial charge is 0.181 e. The van der Waals surface area contributed by atoms with Crippen LogP contribution in [0.25, 0.3) is 22.6 Å². The lowest BCUT2D eigenvalue weighted by Gasteiger charge is -2.18. The standard InChI is InChI=1S/C14H12N4O2/c1-18-8-16-14-10(18)7-15-13(17-14)9-2-3-11-12(6-9)20-5-4-19-11/h2-3,6-8H,4-5H2,1H3. The Morgan fingerprint density at radius 1 is 1.10 bits per heavy atom. The van der Waals surface area contributed by atoms with E-state index in [1.165, 1.54) is 0 Å². The van der Waals surface area contributed by atoms with Crippen molar-refractivity contribution in [2.24, 2.45) is 7.05 Å². The zero-order valence-electron chi connectivity index (χ0n) is 10.9. The summed E-state index contributed by atoms with van der Waals surface area (Å²) in [6.07, 6.45) is 3.51. The number of aryl methyl sites for hydroxylation is 1. The number of ether oxygens (including phenoxy) is 2. The van der Waals surface area contributed by atoms with Crippen LogP contribution in [0.2, 0.25) is 0 Å². The van der Waals surface area contributed by atoms with Gasteiger partial charge in [-0.25, -0.2) is 15.0 Å². The van der Waals surface area contributed by atoms with E-state index in [2.05, 4.69) is 15.0 Å². The molecule has 0 spiro atoms. The minimum atomic E-state index is 0.566. The molecule has 20 heavy (non-hydrogen) atoms. The van der Waals surface area contributed by atoms with E-state index in [4.69, 9.17) is 9.47 Å². The number of hydrogen-bond acceptors (Lipinski definition) is 5. The third-order valence-electron chi connectivity index (χ3n) is 3.28. The van der Waals surface area contributed by atoms with E-state index in [-0.39, 0.29) is 0 Å². The van der Waals surface area contributed by atoms with Crippen molar-refractivity contribution >= 4 is 11.2 Å². The SMILES string of the molecule is Cn1cnc2nc(-c3ccc4c(c3)OCCO4)ncc21. The molecule has 3 heterocycles. The Morgan fingerprint density at radius 3 is 2.85 bits per heavy atom. The van der Waals surface area contributed by atoms with Crippen molar-refractivity contribution < 1.29 is 9.47 Å². The third kappa shape index (κ3) is 1.69. The van der Waals surface area contributed by atoms with Crippen molar-refractivity contribution in [3.05, 3.63) is 30.7 Å². The van der Waals surface area contributed by atoms with Crippen LogP contribution in [0.15, 0.2) is 30.7 Å². The van der Waals surface area contributed by atoms with E-state index in [1.54, 1.807) is 12.5 Å². The first kappa shape index (κ1) is 11.2. The third-order valence-corrected chi connectivity index (χ3v) is 3.28. The minimum Gasteiger partial charge on any atom is -0.486 e. The predicted octanol–water partition coefficient (Wildman–Crippen LogP) is 1.80. The van der Waals surface area contributed by atoms with Gasteiger partial charge in [0.2, 0.25) is 0 Å². The molecule has 2 aromatic heterocycles. The molecule has 0 bridgehead atoms. The Labute approximate surface area is 115 Å². The van der Waals surface area contributed by atoms with Gasteiger partial charge in [-0.1, -0.05) is 0 Å². The van der Waals surface area contributed by atoms with Crippen LogP contribution in [-0.4, -0.2) is 32.7 Å². The fourth-order valence-corrected chi connectivity index (χ4v) is 2.24. The lowest BCUT2D eigenvalue weighted by Crippen LogP contribution is -2.15. The first-order valence-corrected chi connectivity index (χ1v) is 6.35. The molecule has 100 valence electrons. The van der Waals surface area contributed by atoms with Gasteiger partial charge < -0.3 is 14.0 Å². The van der Waals surface area contributed by atoms with Crippen molar-refractivity contribution in [3.63, 3.8) is 0 Å². The summed E-state index contributed by atoms with van der Waals surface area (Å²) in [6.45, 7) is 1.15. The number of hydrogen-bond donors (Lipinski definition) is 0. The second-order valence-electron chi connectivity index (χ2n) is 4.62. The molecule has 1 aromatic carbocycles. The molecule has 1 aliphatic rings. The van der Waals surface area contributed by atoms with Gasteiger partial charge in [0.25, 0.3) is 0 Å². The maximum atomic E-state index is 5.58. The molecular formula is C14H12N4O2. The highest BCUT2D eigenvalue weighted by atomic mass is 16.6. The van der Waals surface area contributed by atoms with Gasteiger partial charge in [-0.3, -0.25) is 0 Å². The molecule has 6 heteroatoms. The first-order chi connectivity index (χ1) is 9.81. The maximum Gasteiger partial charge on any atom is 0.181 e. The summed E-state index contributed by atoms with van der Waals surface area (Å²) < 4.78 is 13.0. The minimum absolute atomic E-state index is 0.566. The van der Waals surface area contributed by atoms with Crippen molar-refractivity contribution in [1.82, 2.24) is 19.5 Å². The van der Waals surface area contributed by atoms with Crippen LogP contribution in [0.5, 0.6) is 11.5 Å². The molecule has 0 aliphatic carbocycles. The van der Waals surface area contributed by atoms with E-state index in [1.807, 2.05) is 29.8 Å². The van der Waals surface area contributed by atoms with Gasteiger partial charge in [-0.05, 0) is 18.2 Å². The molecular weight excluding hydrogens is 256 g/mol. The topological polar surface area (TPSA) is 62.1 Å². The normalized spacial score (nSPS) is 13.7. The largest absolute Gasteiger partial charge is 0.486 e. The fourth-order valence-electron chi connectivity index (χ4n) is 2.24. The van der Waals surface area contributed by atoms with Gasteiger partial charge in [-0.15, -0.1) is 0 Å². The second-order valence-corrected chi connectivity index (χ2v) is 4.62. The summed E-state index contributed by atoms with van der Waals surface area (Å²) in [4.78, 5) is 13.1. The van der Waals surface area contributed by atoms with Crippen LogP contribution in [-0.2, 0) is 7.05 Å². The first-order valence-electron chi connectivity index (χ1n) is 6.35. The average molecular weight is 268 g/mol. The quantitative estimate of drug-likeness (QED) is 0.673. The molecule has 3 aromatic rings.